The van der Waals surface area contributed by atoms with E-state index < -0.39 is 10.0 Å². The Balaban J connectivity index is 1.46. The summed E-state index contributed by atoms with van der Waals surface area (Å²) in [4.78, 5) is 12.4. The van der Waals surface area contributed by atoms with Crippen molar-refractivity contribution >= 4 is 27.3 Å². The number of rotatable bonds is 5. The van der Waals surface area contributed by atoms with E-state index in [0.29, 0.717) is 41.7 Å². The van der Waals surface area contributed by atoms with Crippen LogP contribution >= 0.6 is 0 Å². The second-order valence-corrected chi connectivity index (χ2v) is 8.49. The zero-order chi connectivity index (χ0) is 21.1. The fraction of sp³-hybridized carbons (Fsp3) is 0.136. The molecule has 0 unspecified atom stereocenters. The fourth-order valence-corrected chi connectivity index (χ4v) is 4.01. The molecule has 0 spiro atoms. The fourth-order valence-electron chi connectivity index (χ4n) is 2.93. The Bertz CT molecular complexity index is 1170. The molecule has 0 saturated carbocycles. The molecule has 0 fully saturated rings. The number of carbonyl (C=O) groups excluding carboxylic acids is 1. The molecule has 0 radical (unpaired) electrons. The van der Waals surface area contributed by atoms with Gasteiger partial charge in [0.25, 0.3) is 15.9 Å². The van der Waals surface area contributed by atoms with Crippen molar-refractivity contribution in [3.05, 3.63) is 77.9 Å². The molecule has 3 aromatic carbocycles. The van der Waals surface area contributed by atoms with Crippen LogP contribution in [0.3, 0.4) is 0 Å². The van der Waals surface area contributed by atoms with Gasteiger partial charge in [-0.3, -0.25) is 9.52 Å². The van der Waals surface area contributed by atoms with Gasteiger partial charge < -0.3 is 14.8 Å². The van der Waals surface area contributed by atoms with E-state index in [4.69, 9.17) is 9.47 Å². The second kappa shape index (κ2) is 8.08. The first kappa shape index (κ1) is 19.8. The molecular formula is C22H20N2O5S. The van der Waals surface area contributed by atoms with Gasteiger partial charge >= 0.3 is 0 Å². The number of benzene rings is 3. The zero-order valence-corrected chi connectivity index (χ0v) is 17.0. The Morgan fingerprint density at radius 1 is 0.833 bits per heavy atom. The van der Waals surface area contributed by atoms with E-state index in [1.54, 1.807) is 30.3 Å². The average molecular weight is 424 g/mol. The molecule has 0 atom stereocenters. The zero-order valence-electron chi connectivity index (χ0n) is 16.2. The van der Waals surface area contributed by atoms with Gasteiger partial charge in [-0.25, -0.2) is 8.42 Å². The van der Waals surface area contributed by atoms with Gasteiger partial charge in [0.15, 0.2) is 11.5 Å². The maximum Gasteiger partial charge on any atom is 0.262 e. The van der Waals surface area contributed by atoms with Gasteiger partial charge in [0, 0.05) is 23.0 Å². The molecule has 1 aliphatic rings. The van der Waals surface area contributed by atoms with Gasteiger partial charge in [-0.15, -0.1) is 0 Å². The molecular weight excluding hydrogens is 404 g/mol. The number of fused-ring (bicyclic) bond motifs is 1. The highest BCUT2D eigenvalue weighted by Crippen LogP contribution is 2.32. The highest BCUT2D eigenvalue weighted by Gasteiger charge is 2.19. The third-order valence-electron chi connectivity index (χ3n) is 4.53. The number of hydrogen-bond acceptors (Lipinski definition) is 5. The van der Waals surface area contributed by atoms with Crippen molar-refractivity contribution in [2.45, 2.75) is 11.8 Å². The molecule has 2 N–H and O–H groups in total. The van der Waals surface area contributed by atoms with Crippen molar-refractivity contribution in [2.24, 2.45) is 0 Å². The molecule has 0 aromatic heterocycles. The number of carbonyl (C=O) groups is 1. The number of nitrogens with one attached hydrogen (secondary N) is 2. The summed E-state index contributed by atoms with van der Waals surface area (Å²) in [5.74, 6) is 0.636. The summed E-state index contributed by atoms with van der Waals surface area (Å²) in [6, 6.07) is 18.1. The molecule has 1 aliphatic heterocycles. The van der Waals surface area contributed by atoms with Gasteiger partial charge in [0.05, 0.1) is 4.90 Å². The first-order valence-electron chi connectivity index (χ1n) is 9.31. The molecule has 30 heavy (non-hydrogen) atoms. The molecule has 0 aliphatic carbocycles. The highest BCUT2D eigenvalue weighted by molar-refractivity contribution is 7.92. The summed E-state index contributed by atoms with van der Waals surface area (Å²) in [5, 5.41) is 2.80. The van der Waals surface area contributed by atoms with E-state index in [1.165, 1.54) is 12.1 Å². The number of amides is 1. The van der Waals surface area contributed by atoms with Gasteiger partial charge in [-0.1, -0.05) is 17.7 Å². The Labute approximate surface area is 174 Å². The number of hydrogen-bond donors (Lipinski definition) is 2. The molecule has 3 aromatic rings. The largest absolute Gasteiger partial charge is 0.486 e. The molecule has 1 amide bonds. The predicted molar refractivity (Wildman–Crippen MR) is 114 cm³/mol. The van der Waals surface area contributed by atoms with Crippen molar-refractivity contribution in [3.8, 4) is 11.5 Å². The van der Waals surface area contributed by atoms with Crippen LogP contribution in [0.1, 0.15) is 15.9 Å². The van der Waals surface area contributed by atoms with Crippen molar-refractivity contribution in [3.63, 3.8) is 0 Å². The number of sulfonamides is 1. The van der Waals surface area contributed by atoms with Crippen molar-refractivity contribution < 1.29 is 22.7 Å². The van der Waals surface area contributed by atoms with E-state index in [9.17, 15) is 13.2 Å². The number of ether oxygens (including phenoxy) is 2. The molecule has 1 heterocycles. The standard InChI is InChI=1S/C22H20N2O5S/c1-15-2-6-17(7-3-15)23-22(25)16-4-8-18(9-5-16)24-30(26,27)19-10-11-20-21(14-19)29-13-12-28-20/h2-11,14,24H,12-13H2,1H3,(H,23,25). The van der Waals surface area contributed by atoms with E-state index in [1.807, 2.05) is 31.2 Å². The summed E-state index contributed by atoms with van der Waals surface area (Å²) in [6.07, 6.45) is 0. The van der Waals surface area contributed by atoms with Crippen LogP contribution in [0.15, 0.2) is 71.6 Å². The second-order valence-electron chi connectivity index (χ2n) is 6.81. The van der Waals surface area contributed by atoms with E-state index >= 15 is 0 Å². The molecule has 8 heteroatoms. The van der Waals surface area contributed by atoms with Gasteiger partial charge in [-0.05, 0) is 55.5 Å². The minimum atomic E-state index is -3.82. The van der Waals surface area contributed by atoms with E-state index in [2.05, 4.69) is 10.0 Å². The third-order valence-corrected chi connectivity index (χ3v) is 5.91. The Kier molecular flexibility index (Phi) is 5.33. The van der Waals surface area contributed by atoms with Crippen LogP contribution in [0.2, 0.25) is 0 Å². The minimum absolute atomic E-state index is 0.0629. The SMILES string of the molecule is Cc1ccc(NC(=O)c2ccc(NS(=O)(=O)c3ccc4c(c3)OCCO4)cc2)cc1. The molecule has 0 bridgehead atoms. The van der Waals surface area contributed by atoms with Crippen molar-refractivity contribution in [1.82, 2.24) is 0 Å². The van der Waals surface area contributed by atoms with Crippen LogP contribution < -0.4 is 19.5 Å². The summed E-state index contributed by atoms with van der Waals surface area (Å²) in [6.45, 7) is 2.77. The quantitative estimate of drug-likeness (QED) is 0.649. The monoisotopic (exact) mass is 424 g/mol. The summed E-state index contributed by atoms with van der Waals surface area (Å²) in [7, 11) is -3.82. The summed E-state index contributed by atoms with van der Waals surface area (Å²) in [5.41, 5.74) is 2.55. The van der Waals surface area contributed by atoms with Crippen LogP contribution in [-0.4, -0.2) is 27.5 Å². The Morgan fingerprint density at radius 3 is 2.17 bits per heavy atom. The van der Waals surface area contributed by atoms with Gasteiger partial charge in [-0.2, -0.15) is 0 Å². The highest BCUT2D eigenvalue weighted by atomic mass is 32.2. The van der Waals surface area contributed by atoms with Crippen LogP contribution in [0, 0.1) is 6.92 Å². The molecule has 0 saturated heterocycles. The van der Waals surface area contributed by atoms with Crippen LogP contribution in [0.4, 0.5) is 11.4 Å². The lowest BCUT2D eigenvalue weighted by Gasteiger charge is -2.19. The normalized spacial score (nSPS) is 12.8. The molecule has 4 rings (SSSR count). The molecule has 7 nitrogen and oxygen atoms in total. The lowest BCUT2D eigenvalue weighted by molar-refractivity contribution is 0.102. The maximum atomic E-state index is 12.7. The lowest BCUT2D eigenvalue weighted by atomic mass is 10.2. The first-order valence-corrected chi connectivity index (χ1v) is 10.8. The van der Waals surface area contributed by atoms with Gasteiger partial charge in [0.1, 0.15) is 13.2 Å². The van der Waals surface area contributed by atoms with Crippen LogP contribution in [0.25, 0.3) is 0 Å². The van der Waals surface area contributed by atoms with E-state index in [0.717, 1.165) is 5.56 Å². The smallest absolute Gasteiger partial charge is 0.262 e. The number of anilines is 2. The maximum absolute atomic E-state index is 12.7. The van der Waals surface area contributed by atoms with Crippen LogP contribution in [-0.2, 0) is 10.0 Å². The summed E-state index contributed by atoms with van der Waals surface area (Å²) >= 11 is 0. The van der Waals surface area contributed by atoms with Gasteiger partial charge in [0.2, 0.25) is 0 Å². The summed E-state index contributed by atoms with van der Waals surface area (Å²) < 4.78 is 38.7. The topological polar surface area (TPSA) is 93.7 Å². The van der Waals surface area contributed by atoms with Crippen molar-refractivity contribution in [2.75, 3.05) is 23.3 Å². The van der Waals surface area contributed by atoms with Crippen molar-refractivity contribution in [1.29, 1.82) is 0 Å². The average Bonchev–Trinajstić information content (AvgIpc) is 2.75. The van der Waals surface area contributed by atoms with Crippen LogP contribution in [0.5, 0.6) is 11.5 Å². The predicted octanol–water partition coefficient (Wildman–Crippen LogP) is 3.82. The Morgan fingerprint density at radius 2 is 1.47 bits per heavy atom. The number of aryl methyl sites for hydroxylation is 1. The van der Waals surface area contributed by atoms with E-state index in [-0.39, 0.29) is 10.8 Å². The minimum Gasteiger partial charge on any atom is -0.486 e. The Hall–Kier alpha value is -3.52. The first-order chi connectivity index (χ1) is 14.4. The lowest BCUT2D eigenvalue weighted by Crippen LogP contribution is -2.17. The third kappa shape index (κ3) is 4.38. The molecule has 154 valence electrons.